The average molecular weight is 467 g/mol. The fourth-order valence-corrected chi connectivity index (χ4v) is 2.77. The van der Waals surface area contributed by atoms with E-state index in [1.165, 1.54) is 36.4 Å². The predicted molar refractivity (Wildman–Crippen MR) is 112 cm³/mol. The molecule has 0 bridgehead atoms. The molecule has 0 radical (unpaired) electrons. The number of ether oxygens (including phenoxy) is 1. The van der Waals surface area contributed by atoms with Crippen molar-refractivity contribution >= 4 is 52.1 Å². The number of amides is 1. The maximum absolute atomic E-state index is 13.0. The molecule has 0 aliphatic rings. The molecule has 3 rings (SSSR count). The van der Waals surface area contributed by atoms with Crippen molar-refractivity contribution in [2.75, 3.05) is 17.3 Å². The minimum absolute atomic E-state index is 0.160. The number of nitro groups is 1. The van der Waals surface area contributed by atoms with Crippen LogP contribution in [0.25, 0.3) is 0 Å². The Morgan fingerprint density at radius 1 is 1.13 bits per heavy atom. The lowest BCUT2D eigenvalue weighted by Crippen LogP contribution is -2.34. The van der Waals surface area contributed by atoms with Gasteiger partial charge in [-0.05, 0) is 42.5 Å². The van der Waals surface area contributed by atoms with Crippen molar-refractivity contribution in [3.8, 4) is 5.75 Å². The van der Waals surface area contributed by atoms with Gasteiger partial charge in [-0.1, -0.05) is 23.2 Å². The fourth-order valence-electron chi connectivity index (χ4n) is 2.31. The highest BCUT2D eigenvalue weighted by Crippen LogP contribution is 2.31. The second kappa shape index (κ2) is 9.87. The van der Waals surface area contributed by atoms with Gasteiger partial charge >= 0.3 is 5.69 Å². The number of benzene rings is 2. The SMILES string of the molecule is O=C(COc1ccc(Cl)cc1Cl)NNc1ncnc(Nc2ccc(F)cc2)c1[N+](=O)[O-]. The quantitative estimate of drug-likeness (QED) is 0.334. The number of carbonyl (C=O) groups is 1. The molecule has 0 atom stereocenters. The van der Waals surface area contributed by atoms with E-state index in [1.807, 2.05) is 0 Å². The summed E-state index contributed by atoms with van der Waals surface area (Å²) in [4.78, 5) is 30.4. The van der Waals surface area contributed by atoms with Crippen molar-refractivity contribution in [2.24, 2.45) is 0 Å². The van der Waals surface area contributed by atoms with Crippen molar-refractivity contribution < 1.29 is 18.8 Å². The zero-order valence-electron chi connectivity index (χ0n) is 15.4. The molecule has 1 amide bonds. The first kappa shape index (κ1) is 22.0. The van der Waals surface area contributed by atoms with Crippen LogP contribution in [-0.2, 0) is 4.79 Å². The van der Waals surface area contributed by atoms with Gasteiger partial charge < -0.3 is 10.1 Å². The van der Waals surface area contributed by atoms with Gasteiger partial charge in [0.2, 0.25) is 11.6 Å². The molecule has 1 heterocycles. The first-order chi connectivity index (χ1) is 14.8. The Labute approximate surface area is 184 Å². The minimum Gasteiger partial charge on any atom is -0.482 e. The number of carbonyl (C=O) groups excluding carboxylic acids is 1. The van der Waals surface area contributed by atoms with E-state index >= 15 is 0 Å². The molecular weight excluding hydrogens is 454 g/mol. The molecular formula is C18H13Cl2FN6O4. The molecule has 0 fully saturated rings. The number of hydrogen-bond acceptors (Lipinski definition) is 8. The molecule has 2 aromatic carbocycles. The first-order valence-corrected chi connectivity index (χ1v) is 9.24. The Morgan fingerprint density at radius 3 is 2.52 bits per heavy atom. The van der Waals surface area contributed by atoms with Crippen molar-refractivity contribution in [2.45, 2.75) is 0 Å². The van der Waals surface area contributed by atoms with E-state index < -0.39 is 28.9 Å². The molecule has 160 valence electrons. The molecule has 1 aromatic heterocycles. The molecule has 31 heavy (non-hydrogen) atoms. The van der Waals surface area contributed by atoms with Gasteiger partial charge in [0.15, 0.2) is 6.61 Å². The van der Waals surface area contributed by atoms with Gasteiger partial charge in [-0.3, -0.25) is 25.8 Å². The molecule has 0 aliphatic carbocycles. The molecule has 0 saturated heterocycles. The summed E-state index contributed by atoms with van der Waals surface area (Å²) in [7, 11) is 0. The Kier molecular flexibility index (Phi) is 7.00. The van der Waals surface area contributed by atoms with Crippen LogP contribution in [-0.4, -0.2) is 27.4 Å². The third kappa shape index (κ3) is 5.90. The number of halogens is 3. The van der Waals surface area contributed by atoms with E-state index in [1.54, 1.807) is 6.07 Å². The maximum Gasteiger partial charge on any atom is 0.355 e. The highest BCUT2D eigenvalue weighted by atomic mass is 35.5. The van der Waals surface area contributed by atoms with E-state index in [0.717, 1.165) is 6.33 Å². The van der Waals surface area contributed by atoms with Crippen LogP contribution in [0.5, 0.6) is 5.75 Å². The van der Waals surface area contributed by atoms with E-state index in [0.29, 0.717) is 10.7 Å². The smallest absolute Gasteiger partial charge is 0.355 e. The highest BCUT2D eigenvalue weighted by Gasteiger charge is 2.23. The summed E-state index contributed by atoms with van der Waals surface area (Å²) in [5, 5.41) is 14.9. The summed E-state index contributed by atoms with van der Waals surface area (Å²) in [5.41, 5.74) is 4.44. The van der Waals surface area contributed by atoms with Crippen molar-refractivity contribution in [1.82, 2.24) is 15.4 Å². The van der Waals surface area contributed by atoms with Crippen LogP contribution in [0, 0.1) is 15.9 Å². The third-order valence-electron chi connectivity index (χ3n) is 3.68. The minimum atomic E-state index is -0.732. The average Bonchev–Trinajstić information content (AvgIpc) is 2.73. The summed E-state index contributed by atoms with van der Waals surface area (Å²) in [5.74, 6) is -1.32. The van der Waals surface area contributed by atoms with E-state index in [-0.39, 0.29) is 22.4 Å². The zero-order chi connectivity index (χ0) is 22.4. The van der Waals surface area contributed by atoms with Crippen molar-refractivity contribution in [3.63, 3.8) is 0 Å². The van der Waals surface area contributed by atoms with Crippen LogP contribution < -0.4 is 20.9 Å². The standard InChI is InChI=1S/C18H13Cl2FN6O4/c19-10-1-6-14(13(20)7-10)31-8-15(28)25-26-18-16(27(29)30)17(22-9-23-18)24-12-4-2-11(21)3-5-12/h1-7,9H,8H2,(H,25,28)(H2,22,23,24,26). The van der Waals surface area contributed by atoms with E-state index in [9.17, 15) is 19.3 Å². The van der Waals surface area contributed by atoms with Gasteiger partial charge in [0.1, 0.15) is 17.9 Å². The molecule has 0 spiro atoms. The number of hydrazine groups is 1. The number of nitrogens with zero attached hydrogens (tertiary/aromatic N) is 3. The second-order valence-corrected chi connectivity index (χ2v) is 6.69. The normalized spacial score (nSPS) is 10.3. The summed E-state index contributed by atoms with van der Waals surface area (Å²) < 4.78 is 18.3. The van der Waals surface area contributed by atoms with Gasteiger partial charge in [0, 0.05) is 10.7 Å². The van der Waals surface area contributed by atoms with Gasteiger partial charge in [0.05, 0.1) is 9.95 Å². The number of rotatable bonds is 8. The summed E-state index contributed by atoms with van der Waals surface area (Å²) in [6, 6.07) is 9.62. The first-order valence-electron chi connectivity index (χ1n) is 8.48. The summed E-state index contributed by atoms with van der Waals surface area (Å²) in [6.07, 6.45) is 1.05. The highest BCUT2D eigenvalue weighted by molar-refractivity contribution is 6.35. The van der Waals surface area contributed by atoms with Gasteiger partial charge in [-0.15, -0.1) is 0 Å². The van der Waals surface area contributed by atoms with Crippen LogP contribution in [0.2, 0.25) is 10.0 Å². The molecule has 13 heteroatoms. The Bertz CT molecular complexity index is 1120. The number of nitrogens with one attached hydrogen (secondary N) is 3. The van der Waals surface area contributed by atoms with Crippen molar-refractivity contribution in [1.29, 1.82) is 0 Å². The number of anilines is 3. The topological polar surface area (TPSA) is 131 Å². The van der Waals surface area contributed by atoms with Crippen LogP contribution in [0.15, 0.2) is 48.8 Å². The van der Waals surface area contributed by atoms with Crippen molar-refractivity contribution in [3.05, 3.63) is 74.8 Å². The number of hydrogen-bond donors (Lipinski definition) is 3. The molecule has 0 saturated carbocycles. The molecule has 3 N–H and O–H groups in total. The number of aromatic nitrogens is 2. The maximum atomic E-state index is 13.0. The monoisotopic (exact) mass is 466 g/mol. The van der Waals surface area contributed by atoms with Crippen LogP contribution in [0.4, 0.5) is 27.4 Å². The van der Waals surface area contributed by atoms with Gasteiger partial charge in [-0.25, -0.2) is 14.4 Å². The Balaban J connectivity index is 1.67. The largest absolute Gasteiger partial charge is 0.482 e. The van der Waals surface area contributed by atoms with Gasteiger partial charge in [0.25, 0.3) is 5.91 Å². The third-order valence-corrected chi connectivity index (χ3v) is 4.22. The molecule has 3 aromatic rings. The molecule has 10 nitrogen and oxygen atoms in total. The Hall–Kier alpha value is -3.70. The van der Waals surface area contributed by atoms with Gasteiger partial charge in [-0.2, -0.15) is 0 Å². The predicted octanol–water partition coefficient (Wildman–Crippen LogP) is 4.10. The lowest BCUT2D eigenvalue weighted by molar-refractivity contribution is -0.383. The Morgan fingerprint density at radius 2 is 1.84 bits per heavy atom. The molecule has 0 aliphatic heterocycles. The summed E-state index contributed by atoms with van der Waals surface area (Å²) >= 11 is 11.7. The van der Waals surface area contributed by atoms with E-state index in [2.05, 4.69) is 26.1 Å². The van der Waals surface area contributed by atoms with E-state index in [4.69, 9.17) is 27.9 Å². The van der Waals surface area contributed by atoms with Crippen LogP contribution in [0.3, 0.4) is 0 Å². The lowest BCUT2D eigenvalue weighted by atomic mass is 10.3. The second-order valence-electron chi connectivity index (χ2n) is 5.85. The van der Waals surface area contributed by atoms with Crippen LogP contribution in [0.1, 0.15) is 0 Å². The zero-order valence-corrected chi connectivity index (χ0v) is 16.9. The summed E-state index contributed by atoms with van der Waals surface area (Å²) in [6.45, 7) is -0.437. The fraction of sp³-hybridized carbons (Fsp3) is 0.0556. The molecule has 0 unspecified atom stereocenters. The lowest BCUT2D eigenvalue weighted by Gasteiger charge is -2.12. The van der Waals surface area contributed by atoms with Crippen LogP contribution >= 0.6 is 23.2 Å².